The molecule has 25 heavy (non-hydrogen) atoms. The number of nitrogens with two attached hydrogens (primary N) is 1. The molecule has 2 aromatic rings. The molecule has 0 atom stereocenters. The maximum Gasteiger partial charge on any atom is 0.406 e. The zero-order chi connectivity index (χ0) is 18.8. The van der Waals surface area contributed by atoms with E-state index in [4.69, 9.17) is 10.5 Å². The minimum absolute atomic E-state index is 0.0571. The van der Waals surface area contributed by atoms with Gasteiger partial charge in [0.1, 0.15) is 6.54 Å². The van der Waals surface area contributed by atoms with Crippen molar-refractivity contribution >= 4 is 17.6 Å². The summed E-state index contributed by atoms with van der Waals surface area (Å²) in [6, 6.07) is 1.33. The third kappa shape index (κ3) is 4.34. The minimum atomic E-state index is -4.41. The topological polar surface area (TPSA) is 100 Å². The standard InChI is InChI=1S/C15H15F3N4O3/c1-8-5-10(9(2)22(8)7-15(16,17)18)11(23)6-25-14(24)12-13(19)21-4-3-20-12/h3-5H,6-7H2,1-2H3,(H2,19,21). The van der Waals surface area contributed by atoms with Crippen LogP contribution < -0.4 is 5.73 Å². The average molecular weight is 356 g/mol. The van der Waals surface area contributed by atoms with E-state index in [1.54, 1.807) is 0 Å². The van der Waals surface area contributed by atoms with Crippen LogP contribution in [0.1, 0.15) is 32.2 Å². The highest BCUT2D eigenvalue weighted by atomic mass is 19.4. The van der Waals surface area contributed by atoms with Crippen molar-refractivity contribution in [1.29, 1.82) is 0 Å². The van der Waals surface area contributed by atoms with E-state index in [2.05, 4.69) is 9.97 Å². The molecule has 2 N–H and O–H groups in total. The monoisotopic (exact) mass is 356 g/mol. The Labute approximate surface area is 140 Å². The Balaban J connectivity index is 2.10. The van der Waals surface area contributed by atoms with Crippen molar-refractivity contribution in [2.24, 2.45) is 0 Å². The molecule has 7 nitrogen and oxygen atoms in total. The number of ether oxygens (including phenoxy) is 1. The number of halogens is 3. The molecule has 2 rings (SSSR count). The van der Waals surface area contributed by atoms with E-state index in [0.717, 1.165) is 4.57 Å². The highest BCUT2D eigenvalue weighted by molar-refractivity contribution is 6.00. The van der Waals surface area contributed by atoms with E-state index >= 15 is 0 Å². The molecule has 134 valence electrons. The highest BCUT2D eigenvalue weighted by Crippen LogP contribution is 2.23. The second-order valence-electron chi connectivity index (χ2n) is 5.28. The summed E-state index contributed by atoms with van der Waals surface area (Å²) in [5, 5.41) is 0. The molecule has 0 fully saturated rings. The van der Waals surface area contributed by atoms with Crippen molar-refractivity contribution in [3.8, 4) is 0 Å². The molecule has 2 aromatic heterocycles. The number of alkyl halides is 3. The van der Waals surface area contributed by atoms with Crippen molar-refractivity contribution in [2.45, 2.75) is 26.6 Å². The maximum atomic E-state index is 12.6. The molecule has 0 aliphatic carbocycles. The number of nitrogen functional groups attached to an aromatic ring is 1. The quantitative estimate of drug-likeness (QED) is 0.650. The lowest BCUT2D eigenvalue weighted by molar-refractivity contribution is -0.141. The van der Waals surface area contributed by atoms with Gasteiger partial charge >= 0.3 is 12.1 Å². The van der Waals surface area contributed by atoms with Crippen LogP contribution in [0.25, 0.3) is 0 Å². The predicted molar refractivity (Wildman–Crippen MR) is 81.0 cm³/mol. The van der Waals surface area contributed by atoms with E-state index < -0.39 is 31.1 Å². The fourth-order valence-corrected chi connectivity index (χ4v) is 2.29. The van der Waals surface area contributed by atoms with E-state index in [1.165, 1.54) is 32.3 Å². The summed E-state index contributed by atoms with van der Waals surface area (Å²) >= 11 is 0. The van der Waals surface area contributed by atoms with Gasteiger partial charge < -0.3 is 15.0 Å². The summed E-state index contributed by atoms with van der Waals surface area (Å²) in [7, 11) is 0. The SMILES string of the molecule is Cc1cc(C(=O)COC(=O)c2nccnc2N)c(C)n1CC(F)(F)F. The van der Waals surface area contributed by atoms with Crippen LogP contribution in [0.2, 0.25) is 0 Å². The van der Waals surface area contributed by atoms with Crippen LogP contribution in [0.3, 0.4) is 0 Å². The molecule has 0 spiro atoms. The molecule has 0 saturated heterocycles. The van der Waals surface area contributed by atoms with Crippen molar-refractivity contribution < 1.29 is 27.5 Å². The molecule has 0 amide bonds. The van der Waals surface area contributed by atoms with Gasteiger partial charge in [-0.15, -0.1) is 0 Å². The summed E-state index contributed by atoms with van der Waals surface area (Å²) < 4.78 is 43.6. The predicted octanol–water partition coefficient (Wildman–Crippen LogP) is 2.08. The van der Waals surface area contributed by atoms with Crippen LogP contribution in [0.15, 0.2) is 18.5 Å². The van der Waals surface area contributed by atoms with Gasteiger partial charge in [-0.3, -0.25) is 4.79 Å². The number of anilines is 1. The number of hydrogen-bond donors (Lipinski definition) is 1. The number of Topliss-reactive ketones (excluding diaryl/α,β-unsaturated/α-hetero) is 1. The van der Waals surface area contributed by atoms with Gasteiger partial charge in [0.25, 0.3) is 0 Å². The fourth-order valence-electron chi connectivity index (χ4n) is 2.29. The summed E-state index contributed by atoms with van der Waals surface area (Å²) in [4.78, 5) is 31.4. The molecule has 10 heteroatoms. The van der Waals surface area contributed by atoms with Crippen LogP contribution in [-0.4, -0.2) is 39.1 Å². The Morgan fingerprint density at radius 3 is 2.48 bits per heavy atom. The zero-order valence-corrected chi connectivity index (χ0v) is 13.4. The van der Waals surface area contributed by atoms with Crippen LogP contribution >= 0.6 is 0 Å². The first-order chi connectivity index (χ1) is 11.6. The van der Waals surface area contributed by atoms with Gasteiger partial charge in [0.2, 0.25) is 5.78 Å². The molecular formula is C15H15F3N4O3. The molecule has 0 aliphatic rings. The summed E-state index contributed by atoms with van der Waals surface area (Å²) in [6.07, 6.45) is -1.89. The molecule has 0 aromatic carbocycles. The Kier molecular flexibility index (Phi) is 5.10. The van der Waals surface area contributed by atoms with Gasteiger partial charge in [0, 0.05) is 29.3 Å². The third-order valence-electron chi connectivity index (χ3n) is 3.47. The smallest absolute Gasteiger partial charge is 0.406 e. The molecule has 0 bridgehead atoms. The van der Waals surface area contributed by atoms with Gasteiger partial charge in [-0.05, 0) is 19.9 Å². The van der Waals surface area contributed by atoms with E-state index in [-0.39, 0.29) is 28.5 Å². The molecule has 0 radical (unpaired) electrons. The Bertz CT molecular complexity index is 815. The van der Waals surface area contributed by atoms with Gasteiger partial charge in [-0.25, -0.2) is 14.8 Å². The summed E-state index contributed by atoms with van der Waals surface area (Å²) in [5.74, 6) is -1.72. The lowest BCUT2D eigenvalue weighted by Gasteiger charge is -2.12. The number of carbonyl (C=O) groups is 2. The first kappa shape index (κ1) is 18.4. The first-order valence-corrected chi connectivity index (χ1v) is 7.10. The molecular weight excluding hydrogens is 341 g/mol. The second-order valence-corrected chi connectivity index (χ2v) is 5.28. The number of rotatable bonds is 5. The average Bonchev–Trinajstić information content (AvgIpc) is 2.79. The number of aromatic nitrogens is 3. The van der Waals surface area contributed by atoms with Crippen molar-refractivity contribution in [3.63, 3.8) is 0 Å². The van der Waals surface area contributed by atoms with E-state index in [9.17, 15) is 22.8 Å². The van der Waals surface area contributed by atoms with Gasteiger partial charge in [-0.2, -0.15) is 13.2 Å². The van der Waals surface area contributed by atoms with Gasteiger partial charge in [0.15, 0.2) is 18.1 Å². The van der Waals surface area contributed by atoms with Crippen LogP contribution in [0.5, 0.6) is 0 Å². The van der Waals surface area contributed by atoms with Crippen LogP contribution in [-0.2, 0) is 11.3 Å². The summed E-state index contributed by atoms with van der Waals surface area (Å²) in [6.45, 7) is 1.01. The van der Waals surface area contributed by atoms with E-state index in [0.29, 0.717) is 0 Å². The lowest BCUT2D eigenvalue weighted by Crippen LogP contribution is -2.20. The number of hydrogen-bond acceptors (Lipinski definition) is 6. The Morgan fingerprint density at radius 1 is 1.24 bits per heavy atom. The van der Waals surface area contributed by atoms with Gasteiger partial charge in [-0.1, -0.05) is 0 Å². The largest absolute Gasteiger partial charge is 0.452 e. The number of ketones is 1. The van der Waals surface area contributed by atoms with Crippen LogP contribution in [0, 0.1) is 13.8 Å². The van der Waals surface area contributed by atoms with Gasteiger partial charge in [0.05, 0.1) is 0 Å². The van der Waals surface area contributed by atoms with Crippen molar-refractivity contribution in [1.82, 2.24) is 14.5 Å². The highest BCUT2D eigenvalue weighted by Gasteiger charge is 2.30. The molecule has 0 saturated carbocycles. The molecule has 0 aliphatic heterocycles. The Morgan fingerprint density at radius 2 is 1.88 bits per heavy atom. The minimum Gasteiger partial charge on any atom is -0.452 e. The third-order valence-corrected chi connectivity index (χ3v) is 3.47. The normalized spacial score (nSPS) is 11.4. The second kappa shape index (κ2) is 6.91. The first-order valence-electron chi connectivity index (χ1n) is 7.10. The van der Waals surface area contributed by atoms with E-state index in [1.807, 2.05) is 0 Å². The number of esters is 1. The lowest BCUT2D eigenvalue weighted by atomic mass is 10.1. The molecule has 0 unspecified atom stereocenters. The number of carbonyl (C=O) groups excluding carboxylic acids is 2. The summed E-state index contributed by atoms with van der Waals surface area (Å²) in [5.41, 5.74) is 5.72. The number of nitrogens with zero attached hydrogens (tertiary/aromatic N) is 3. The number of aryl methyl sites for hydroxylation is 1. The molecule has 2 heterocycles. The Hall–Kier alpha value is -2.91. The maximum absolute atomic E-state index is 12.6. The van der Waals surface area contributed by atoms with Crippen LogP contribution in [0.4, 0.5) is 19.0 Å². The zero-order valence-electron chi connectivity index (χ0n) is 13.4. The van der Waals surface area contributed by atoms with Crippen molar-refractivity contribution in [3.05, 3.63) is 41.1 Å². The van der Waals surface area contributed by atoms with Crippen molar-refractivity contribution in [2.75, 3.05) is 12.3 Å². The fraction of sp³-hybridized carbons (Fsp3) is 0.333.